The number of aryl methyl sites for hydroxylation is 2. The summed E-state index contributed by atoms with van der Waals surface area (Å²) < 4.78 is 17.1. The van der Waals surface area contributed by atoms with Gasteiger partial charge in [-0.05, 0) is 24.3 Å². The molecule has 2 N–H and O–H groups in total. The minimum Gasteiger partial charge on any atom is -0.398 e. The van der Waals surface area contributed by atoms with Crippen LogP contribution in [-0.2, 0) is 13.1 Å². The van der Waals surface area contributed by atoms with E-state index in [0.29, 0.717) is 24.2 Å². The van der Waals surface area contributed by atoms with Gasteiger partial charge in [-0.3, -0.25) is 4.79 Å². The largest absolute Gasteiger partial charge is 0.398 e. The first-order chi connectivity index (χ1) is 9.65. The van der Waals surface area contributed by atoms with Crippen molar-refractivity contribution >= 4 is 16.6 Å². The predicted octanol–water partition coefficient (Wildman–Crippen LogP) is 2.22. The molecule has 0 spiro atoms. The van der Waals surface area contributed by atoms with E-state index in [0.717, 1.165) is 5.52 Å². The maximum Gasteiger partial charge on any atom is 0.250 e. The van der Waals surface area contributed by atoms with Crippen LogP contribution >= 0.6 is 0 Å². The summed E-state index contributed by atoms with van der Waals surface area (Å²) in [5, 5.41) is 0.590. The first kappa shape index (κ1) is 12.5. The van der Waals surface area contributed by atoms with Crippen LogP contribution in [0.5, 0.6) is 0 Å². The van der Waals surface area contributed by atoms with E-state index in [9.17, 15) is 9.18 Å². The third-order valence-corrected chi connectivity index (χ3v) is 3.35. The lowest BCUT2D eigenvalue weighted by Crippen LogP contribution is -2.21. The summed E-state index contributed by atoms with van der Waals surface area (Å²) in [4.78, 5) is 11.7. The highest BCUT2D eigenvalue weighted by Gasteiger charge is 2.05. The average Bonchev–Trinajstić information content (AvgIpc) is 2.85. The van der Waals surface area contributed by atoms with Crippen molar-refractivity contribution in [2.24, 2.45) is 0 Å². The van der Waals surface area contributed by atoms with Crippen molar-refractivity contribution in [2.75, 3.05) is 5.73 Å². The Morgan fingerprint density at radius 3 is 2.70 bits per heavy atom. The SMILES string of the molecule is Nc1ccc(=O)n(CCn2ccc3c(F)cccc32)c1. The Balaban J connectivity index is 1.89. The van der Waals surface area contributed by atoms with E-state index in [-0.39, 0.29) is 11.4 Å². The fraction of sp³-hybridized carbons (Fsp3) is 0.133. The van der Waals surface area contributed by atoms with Crippen LogP contribution in [0.4, 0.5) is 10.1 Å². The summed E-state index contributed by atoms with van der Waals surface area (Å²) in [6.07, 6.45) is 3.44. The first-order valence-electron chi connectivity index (χ1n) is 6.34. The van der Waals surface area contributed by atoms with Gasteiger partial charge in [0.15, 0.2) is 0 Å². The number of rotatable bonds is 3. The van der Waals surface area contributed by atoms with Crippen molar-refractivity contribution < 1.29 is 4.39 Å². The Labute approximate surface area is 114 Å². The minimum absolute atomic E-state index is 0.0955. The van der Waals surface area contributed by atoms with Crippen LogP contribution in [0.15, 0.2) is 53.6 Å². The molecule has 3 rings (SSSR count). The Morgan fingerprint density at radius 1 is 1.05 bits per heavy atom. The lowest BCUT2D eigenvalue weighted by Gasteiger charge is -2.08. The second-order valence-corrected chi connectivity index (χ2v) is 4.68. The second-order valence-electron chi connectivity index (χ2n) is 4.68. The monoisotopic (exact) mass is 271 g/mol. The van der Waals surface area contributed by atoms with Crippen LogP contribution in [0, 0.1) is 5.82 Å². The summed E-state index contributed by atoms with van der Waals surface area (Å²) in [6.45, 7) is 1.07. The van der Waals surface area contributed by atoms with E-state index < -0.39 is 0 Å². The van der Waals surface area contributed by atoms with Gasteiger partial charge in [0.2, 0.25) is 0 Å². The van der Waals surface area contributed by atoms with Gasteiger partial charge in [0.05, 0.1) is 5.52 Å². The molecule has 0 saturated heterocycles. The number of pyridine rings is 1. The molecule has 0 aliphatic carbocycles. The van der Waals surface area contributed by atoms with Crippen molar-refractivity contribution in [3.8, 4) is 0 Å². The van der Waals surface area contributed by atoms with Crippen molar-refractivity contribution in [1.29, 1.82) is 0 Å². The zero-order valence-electron chi connectivity index (χ0n) is 10.8. The third kappa shape index (κ3) is 2.18. The van der Waals surface area contributed by atoms with E-state index in [2.05, 4.69) is 0 Å². The highest BCUT2D eigenvalue weighted by Crippen LogP contribution is 2.18. The summed E-state index contributed by atoms with van der Waals surface area (Å²) in [6, 6.07) is 9.76. The van der Waals surface area contributed by atoms with Crippen LogP contribution in [0.1, 0.15) is 0 Å². The molecule has 2 aromatic heterocycles. The molecular formula is C15H14FN3O. The standard InChI is InChI=1S/C15H14FN3O/c16-13-2-1-3-14-12(13)6-7-18(14)8-9-19-10-11(17)4-5-15(19)20/h1-7,10H,8-9,17H2. The number of halogens is 1. The highest BCUT2D eigenvalue weighted by atomic mass is 19.1. The molecule has 0 radical (unpaired) electrons. The summed E-state index contributed by atoms with van der Waals surface area (Å²) in [5.74, 6) is -0.234. The average molecular weight is 271 g/mol. The van der Waals surface area contributed by atoms with E-state index in [4.69, 9.17) is 5.73 Å². The maximum atomic E-state index is 13.6. The molecule has 3 aromatic rings. The predicted molar refractivity (Wildman–Crippen MR) is 77.0 cm³/mol. The number of hydrogen-bond donors (Lipinski definition) is 1. The van der Waals surface area contributed by atoms with Gasteiger partial charge < -0.3 is 14.9 Å². The lowest BCUT2D eigenvalue weighted by molar-refractivity contribution is 0.577. The Kier molecular flexibility index (Phi) is 3.02. The molecule has 5 heteroatoms. The van der Waals surface area contributed by atoms with Crippen LogP contribution in [-0.4, -0.2) is 9.13 Å². The number of benzene rings is 1. The lowest BCUT2D eigenvalue weighted by atomic mass is 10.2. The zero-order chi connectivity index (χ0) is 14.1. The van der Waals surface area contributed by atoms with Crippen molar-refractivity contribution in [2.45, 2.75) is 13.1 Å². The molecule has 0 aliphatic rings. The number of hydrogen-bond acceptors (Lipinski definition) is 2. The van der Waals surface area contributed by atoms with Gasteiger partial charge in [-0.15, -0.1) is 0 Å². The molecule has 0 amide bonds. The summed E-state index contributed by atoms with van der Waals surface area (Å²) >= 11 is 0. The van der Waals surface area contributed by atoms with Crippen LogP contribution in [0.2, 0.25) is 0 Å². The molecule has 0 atom stereocenters. The quantitative estimate of drug-likeness (QED) is 0.794. The summed E-state index contributed by atoms with van der Waals surface area (Å²) in [5.41, 5.74) is 6.95. The fourth-order valence-electron chi connectivity index (χ4n) is 2.32. The molecule has 0 aliphatic heterocycles. The third-order valence-electron chi connectivity index (χ3n) is 3.35. The fourth-order valence-corrected chi connectivity index (χ4v) is 2.32. The molecule has 2 heterocycles. The molecule has 102 valence electrons. The van der Waals surface area contributed by atoms with Gasteiger partial charge in [-0.1, -0.05) is 6.07 Å². The molecule has 0 saturated carbocycles. The van der Waals surface area contributed by atoms with E-state index in [1.54, 1.807) is 29.0 Å². The van der Waals surface area contributed by atoms with Crippen molar-refractivity contribution in [3.63, 3.8) is 0 Å². The maximum absolute atomic E-state index is 13.6. The topological polar surface area (TPSA) is 53.0 Å². The van der Waals surface area contributed by atoms with E-state index >= 15 is 0 Å². The van der Waals surface area contributed by atoms with Crippen LogP contribution in [0.25, 0.3) is 10.9 Å². The van der Waals surface area contributed by atoms with Gasteiger partial charge >= 0.3 is 0 Å². The van der Waals surface area contributed by atoms with Crippen molar-refractivity contribution in [1.82, 2.24) is 9.13 Å². The van der Waals surface area contributed by atoms with Gasteiger partial charge in [-0.25, -0.2) is 4.39 Å². The van der Waals surface area contributed by atoms with Crippen LogP contribution in [0.3, 0.4) is 0 Å². The van der Waals surface area contributed by atoms with Gasteiger partial charge in [0.25, 0.3) is 5.56 Å². The molecular weight excluding hydrogens is 257 g/mol. The minimum atomic E-state index is -0.234. The number of nitrogens with two attached hydrogens (primary N) is 1. The number of nitrogen functional groups attached to an aromatic ring is 1. The first-order valence-corrected chi connectivity index (χ1v) is 6.34. The Bertz CT molecular complexity index is 819. The Morgan fingerprint density at radius 2 is 1.85 bits per heavy atom. The number of fused-ring (bicyclic) bond motifs is 1. The van der Waals surface area contributed by atoms with E-state index in [1.165, 1.54) is 12.1 Å². The van der Waals surface area contributed by atoms with Crippen molar-refractivity contribution in [3.05, 3.63) is 65.0 Å². The van der Waals surface area contributed by atoms with Crippen LogP contribution < -0.4 is 11.3 Å². The zero-order valence-corrected chi connectivity index (χ0v) is 10.8. The molecule has 20 heavy (non-hydrogen) atoms. The molecule has 0 fully saturated rings. The molecule has 0 bridgehead atoms. The highest BCUT2D eigenvalue weighted by molar-refractivity contribution is 5.80. The van der Waals surface area contributed by atoms with E-state index in [1.807, 2.05) is 16.8 Å². The number of aromatic nitrogens is 2. The molecule has 4 nitrogen and oxygen atoms in total. The number of nitrogens with zero attached hydrogens (tertiary/aromatic N) is 2. The molecule has 1 aromatic carbocycles. The normalized spacial score (nSPS) is 11.1. The number of anilines is 1. The molecule has 0 unspecified atom stereocenters. The van der Waals surface area contributed by atoms with Gasteiger partial charge in [-0.2, -0.15) is 0 Å². The van der Waals surface area contributed by atoms with Gasteiger partial charge in [0.1, 0.15) is 5.82 Å². The smallest absolute Gasteiger partial charge is 0.250 e. The van der Waals surface area contributed by atoms with Gasteiger partial charge in [0, 0.05) is 42.6 Å². The summed E-state index contributed by atoms with van der Waals surface area (Å²) in [7, 11) is 0. The second kappa shape index (κ2) is 4.85. The Hall–Kier alpha value is -2.56.